The van der Waals surface area contributed by atoms with Crippen LogP contribution < -0.4 is 10.6 Å². The molecule has 0 bridgehead atoms. The van der Waals surface area contributed by atoms with Crippen molar-refractivity contribution in [3.05, 3.63) is 35.1 Å². The molecule has 2 aromatic heterocycles. The smallest absolute Gasteiger partial charge is 0.226 e. The van der Waals surface area contributed by atoms with E-state index in [1.54, 1.807) is 32.0 Å². The second kappa shape index (κ2) is 8.88. The molecule has 2 heterocycles. The summed E-state index contributed by atoms with van der Waals surface area (Å²) in [4.78, 5) is 13.9. The number of imidazole rings is 1. The fourth-order valence-corrected chi connectivity index (χ4v) is 4.12. The molecule has 0 atom stereocenters. The summed E-state index contributed by atoms with van der Waals surface area (Å²) in [5.74, 6) is 1.04. The molecule has 9 heteroatoms. The first-order valence-electron chi connectivity index (χ1n) is 10.7. The largest absolute Gasteiger partial charge is 0.506 e. The Kier molecular flexibility index (Phi) is 6.20. The lowest BCUT2D eigenvalue weighted by atomic mass is 9.95. The van der Waals surface area contributed by atoms with E-state index in [-0.39, 0.29) is 5.75 Å². The summed E-state index contributed by atoms with van der Waals surface area (Å²) < 4.78 is 2.15. The second-order valence-corrected chi connectivity index (χ2v) is 9.19. The van der Waals surface area contributed by atoms with Gasteiger partial charge in [0.1, 0.15) is 5.75 Å². The van der Waals surface area contributed by atoms with Gasteiger partial charge in [-0.3, -0.25) is 0 Å². The number of hydrogen-bond acceptors (Lipinski definition) is 7. The Balaban J connectivity index is 1.68. The summed E-state index contributed by atoms with van der Waals surface area (Å²) in [6.07, 6.45) is 7.75. The molecular weight excluding hydrogens is 416 g/mol. The van der Waals surface area contributed by atoms with E-state index in [1.165, 1.54) is 19.3 Å². The number of hydrogen-bond donors (Lipinski definition) is 4. The molecular formula is C22H29ClN6O2. The van der Waals surface area contributed by atoms with Gasteiger partial charge in [-0.15, -0.1) is 0 Å². The zero-order valence-electron chi connectivity index (χ0n) is 17.9. The highest BCUT2D eigenvalue weighted by atomic mass is 35.5. The summed E-state index contributed by atoms with van der Waals surface area (Å²) in [5.41, 5.74) is 1.21. The number of aromatic nitrogens is 4. The number of benzene rings is 1. The first-order chi connectivity index (χ1) is 14.8. The lowest BCUT2D eigenvalue weighted by Crippen LogP contribution is -2.30. The third kappa shape index (κ3) is 5.02. The van der Waals surface area contributed by atoms with Crippen molar-refractivity contribution in [1.82, 2.24) is 19.5 Å². The first kappa shape index (κ1) is 21.6. The number of anilines is 2. The van der Waals surface area contributed by atoms with E-state index in [9.17, 15) is 10.2 Å². The zero-order chi connectivity index (χ0) is 22.0. The van der Waals surface area contributed by atoms with Gasteiger partial charge in [-0.25, -0.2) is 4.98 Å². The van der Waals surface area contributed by atoms with Crippen LogP contribution in [-0.2, 0) is 6.54 Å². The second-order valence-electron chi connectivity index (χ2n) is 8.78. The monoisotopic (exact) mass is 444 g/mol. The van der Waals surface area contributed by atoms with Crippen molar-refractivity contribution in [2.75, 3.05) is 17.2 Å². The van der Waals surface area contributed by atoms with Gasteiger partial charge < -0.3 is 25.4 Å². The van der Waals surface area contributed by atoms with Gasteiger partial charge in [0.2, 0.25) is 5.95 Å². The molecule has 1 saturated carbocycles. The van der Waals surface area contributed by atoms with E-state index in [4.69, 9.17) is 16.6 Å². The SMILES string of the molecule is CC(C)(O)CNc1nc(NCc2cccc(Cl)c2O)c2ncn(C3CCCCC3)c2n1. The number of halogens is 1. The molecule has 1 fully saturated rings. The van der Waals surface area contributed by atoms with Crippen LogP contribution in [-0.4, -0.2) is 41.9 Å². The Labute approximate surface area is 186 Å². The van der Waals surface area contributed by atoms with Crippen molar-refractivity contribution in [2.24, 2.45) is 0 Å². The molecule has 1 aliphatic rings. The predicted octanol–water partition coefficient (Wildman–Crippen LogP) is 4.49. The van der Waals surface area contributed by atoms with Gasteiger partial charge in [0, 0.05) is 24.7 Å². The number of nitrogens with zero attached hydrogens (tertiary/aromatic N) is 4. The minimum absolute atomic E-state index is 0.0510. The van der Waals surface area contributed by atoms with Gasteiger partial charge in [0.15, 0.2) is 17.0 Å². The van der Waals surface area contributed by atoms with Crippen LogP contribution in [0.2, 0.25) is 5.02 Å². The summed E-state index contributed by atoms with van der Waals surface area (Å²) in [6, 6.07) is 5.62. The molecule has 0 spiro atoms. The molecule has 8 nitrogen and oxygen atoms in total. The molecule has 0 unspecified atom stereocenters. The van der Waals surface area contributed by atoms with Gasteiger partial charge in [-0.1, -0.05) is 43.0 Å². The minimum Gasteiger partial charge on any atom is -0.506 e. The molecule has 0 amide bonds. The summed E-state index contributed by atoms with van der Waals surface area (Å²) >= 11 is 6.04. The van der Waals surface area contributed by atoms with Crippen LogP contribution >= 0.6 is 11.6 Å². The van der Waals surface area contributed by atoms with Crippen LogP contribution in [0, 0.1) is 0 Å². The fraction of sp³-hybridized carbons (Fsp3) is 0.500. The van der Waals surface area contributed by atoms with Gasteiger partial charge >= 0.3 is 0 Å². The molecule has 166 valence electrons. The number of phenols is 1. The molecule has 4 rings (SSSR count). The van der Waals surface area contributed by atoms with Gasteiger partial charge in [0.05, 0.1) is 17.0 Å². The van der Waals surface area contributed by atoms with Crippen molar-refractivity contribution in [3.8, 4) is 5.75 Å². The molecule has 0 aliphatic heterocycles. The first-order valence-corrected chi connectivity index (χ1v) is 11.1. The van der Waals surface area contributed by atoms with Gasteiger partial charge in [-0.2, -0.15) is 9.97 Å². The number of rotatable bonds is 7. The number of aromatic hydroxyl groups is 1. The molecule has 4 N–H and O–H groups in total. The van der Waals surface area contributed by atoms with E-state index in [0.717, 1.165) is 18.5 Å². The molecule has 1 aliphatic carbocycles. The average Bonchev–Trinajstić information content (AvgIpc) is 3.17. The van der Waals surface area contributed by atoms with Crippen molar-refractivity contribution < 1.29 is 10.2 Å². The van der Waals surface area contributed by atoms with Crippen LogP contribution in [0.5, 0.6) is 5.75 Å². The maximum absolute atomic E-state index is 10.2. The van der Waals surface area contributed by atoms with Crippen molar-refractivity contribution in [3.63, 3.8) is 0 Å². The summed E-state index contributed by atoms with van der Waals surface area (Å²) in [7, 11) is 0. The normalized spacial score (nSPS) is 15.4. The number of phenolic OH excluding ortho intramolecular Hbond substituents is 1. The van der Waals surface area contributed by atoms with E-state index >= 15 is 0 Å². The van der Waals surface area contributed by atoms with Gasteiger partial charge in [0.25, 0.3) is 0 Å². The standard InChI is InChI=1S/C22H29ClN6O2/c1-22(2,31)12-25-21-27-19(24-11-14-7-6-10-16(23)18(14)30)17-20(28-21)29(13-26-17)15-8-4-3-5-9-15/h6-7,10,13,15,30-31H,3-5,8-9,11-12H2,1-2H3,(H2,24,25,27,28). The zero-order valence-corrected chi connectivity index (χ0v) is 18.7. The Morgan fingerprint density at radius 3 is 2.68 bits per heavy atom. The van der Waals surface area contributed by atoms with Crippen LogP contribution in [0.3, 0.4) is 0 Å². The topological polar surface area (TPSA) is 108 Å². The van der Waals surface area contributed by atoms with E-state index in [0.29, 0.717) is 47.0 Å². The predicted molar refractivity (Wildman–Crippen MR) is 123 cm³/mol. The fourth-order valence-electron chi connectivity index (χ4n) is 3.92. The number of nitrogens with one attached hydrogen (secondary N) is 2. The lowest BCUT2D eigenvalue weighted by Gasteiger charge is -2.23. The van der Waals surface area contributed by atoms with Crippen LogP contribution in [0.4, 0.5) is 11.8 Å². The highest BCUT2D eigenvalue weighted by molar-refractivity contribution is 6.32. The quantitative estimate of drug-likeness (QED) is 0.425. The van der Waals surface area contributed by atoms with Crippen molar-refractivity contribution >= 4 is 34.5 Å². The molecule has 0 saturated heterocycles. The van der Waals surface area contributed by atoms with Gasteiger partial charge in [-0.05, 0) is 32.8 Å². The molecule has 0 radical (unpaired) electrons. The van der Waals surface area contributed by atoms with Crippen molar-refractivity contribution in [1.29, 1.82) is 0 Å². The summed E-state index contributed by atoms with van der Waals surface area (Å²) in [6.45, 7) is 4.10. The van der Waals surface area contributed by atoms with Crippen LogP contribution in [0.15, 0.2) is 24.5 Å². The number of aliphatic hydroxyl groups is 1. The maximum atomic E-state index is 10.2. The molecule has 1 aromatic carbocycles. The summed E-state index contributed by atoms with van der Waals surface area (Å²) in [5, 5.41) is 27.0. The molecule has 3 aromatic rings. The molecule has 31 heavy (non-hydrogen) atoms. The number of fused-ring (bicyclic) bond motifs is 1. The van der Waals surface area contributed by atoms with Crippen LogP contribution in [0.1, 0.15) is 57.6 Å². The Bertz CT molecular complexity index is 1060. The number of para-hydroxylation sites is 1. The van der Waals surface area contributed by atoms with Crippen molar-refractivity contribution in [2.45, 2.75) is 64.1 Å². The van der Waals surface area contributed by atoms with E-state index in [1.807, 2.05) is 6.33 Å². The minimum atomic E-state index is -0.901. The average molecular weight is 445 g/mol. The Morgan fingerprint density at radius 1 is 1.16 bits per heavy atom. The van der Waals surface area contributed by atoms with Crippen LogP contribution in [0.25, 0.3) is 11.2 Å². The van der Waals surface area contributed by atoms with E-state index in [2.05, 4.69) is 25.2 Å². The third-order valence-corrected chi connectivity index (χ3v) is 5.89. The lowest BCUT2D eigenvalue weighted by molar-refractivity contribution is 0.0943. The highest BCUT2D eigenvalue weighted by Gasteiger charge is 2.22. The highest BCUT2D eigenvalue weighted by Crippen LogP contribution is 2.33. The Hall–Kier alpha value is -2.58. The maximum Gasteiger partial charge on any atom is 0.226 e. The van der Waals surface area contributed by atoms with E-state index < -0.39 is 5.60 Å². The third-order valence-electron chi connectivity index (χ3n) is 5.59. The Morgan fingerprint density at radius 2 is 1.94 bits per heavy atom.